The molecule has 0 radical (unpaired) electrons. The van der Waals surface area contributed by atoms with Crippen molar-refractivity contribution in [1.82, 2.24) is 4.72 Å². The van der Waals surface area contributed by atoms with Crippen LogP contribution >= 0.6 is 15.9 Å². The molecule has 0 aliphatic rings. The van der Waals surface area contributed by atoms with E-state index in [2.05, 4.69) is 20.7 Å². The lowest BCUT2D eigenvalue weighted by molar-refractivity contribution is 0.581. The molecular weight excluding hydrogens is 287 g/mol. The minimum Gasteiger partial charge on any atom is -0.329 e. The van der Waals surface area contributed by atoms with Gasteiger partial charge in [-0.3, -0.25) is 0 Å². The first-order chi connectivity index (χ1) is 6.97. The highest BCUT2D eigenvalue weighted by atomic mass is 79.9. The van der Waals surface area contributed by atoms with Gasteiger partial charge >= 0.3 is 0 Å². The zero-order chi connectivity index (χ0) is 11.5. The maximum atomic E-state index is 12.9. The zero-order valence-corrected chi connectivity index (χ0v) is 10.1. The fraction of sp³-hybridized carbons (Fsp3) is 0.250. The van der Waals surface area contributed by atoms with Crippen molar-refractivity contribution in [1.29, 1.82) is 0 Å². The second kappa shape index (κ2) is 5.02. The van der Waals surface area contributed by atoms with Crippen LogP contribution in [0.15, 0.2) is 27.6 Å². The van der Waals surface area contributed by atoms with Crippen LogP contribution in [-0.2, 0) is 10.0 Å². The molecule has 84 valence electrons. The van der Waals surface area contributed by atoms with E-state index in [1.807, 2.05) is 0 Å². The third-order valence-corrected chi connectivity index (χ3v) is 3.70. The molecule has 0 amide bonds. The van der Waals surface area contributed by atoms with Gasteiger partial charge in [0.2, 0.25) is 10.0 Å². The summed E-state index contributed by atoms with van der Waals surface area (Å²) < 4.78 is 38.3. The molecule has 0 aliphatic heterocycles. The van der Waals surface area contributed by atoms with Crippen LogP contribution in [0.1, 0.15) is 0 Å². The van der Waals surface area contributed by atoms with Crippen LogP contribution < -0.4 is 10.5 Å². The predicted molar refractivity (Wildman–Crippen MR) is 58.3 cm³/mol. The number of sulfonamides is 1. The molecule has 15 heavy (non-hydrogen) atoms. The van der Waals surface area contributed by atoms with E-state index in [4.69, 9.17) is 5.73 Å². The normalized spacial score (nSPS) is 11.7. The van der Waals surface area contributed by atoms with Crippen molar-refractivity contribution < 1.29 is 12.8 Å². The molecule has 1 aromatic rings. The summed E-state index contributed by atoms with van der Waals surface area (Å²) in [6, 6.07) is 3.48. The SMILES string of the molecule is NCCNS(=O)(=O)c1ccc(F)c(Br)c1. The Hall–Kier alpha value is -0.500. The van der Waals surface area contributed by atoms with Crippen LogP contribution in [0, 0.1) is 5.82 Å². The Morgan fingerprint density at radius 2 is 2.13 bits per heavy atom. The molecule has 0 aliphatic carbocycles. The van der Waals surface area contributed by atoms with Crippen LogP contribution in [-0.4, -0.2) is 21.5 Å². The quantitative estimate of drug-likeness (QED) is 0.864. The predicted octanol–water partition coefficient (Wildman–Crippen LogP) is 0.825. The van der Waals surface area contributed by atoms with Crippen molar-refractivity contribution in [3.05, 3.63) is 28.5 Å². The summed E-state index contributed by atoms with van der Waals surface area (Å²) in [5.41, 5.74) is 5.17. The number of hydrogen-bond acceptors (Lipinski definition) is 3. The van der Waals surface area contributed by atoms with Gasteiger partial charge in [-0.15, -0.1) is 0 Å². The molecule has 0 fully saturated rings. The number of nitrogens with one attached hydrogen (secondary N) is 1. The second-order valence-corrected chi connectivity index (χ2v) is 5.38. The molecule has 3 N–H and O–H groups in total. The summed E-state index contributed by atoms with van der Waals surface area (Å²) in [5.74, 6) is -0.507. The lowest BCUT2D eigenvalue weighted by Crippen LogP contribution is -2.29. The number of halogens is 2. The van der Waals surface area contributed by atoms with Gasteiger partial charge in [-0.1, -0.05) is 0 Å². The third kappa shape index (κ3) is 3.23. The Balaban J connectivity index is 3.00. The highest BCUT2D eigenvalue weighted by Gasteiger charge is 2.14. The van der Waals surface area contributed by atoms with Crippen molar-refractivity contribution in [2.24, 2.45) is 5.73 Å². The van der Waals surface area contributed by atoms with Gasteiger partial charge in [0.25, 0.3) is 0 Å². The molecule has 0 saturated heterocycles. The highest BCUT2D eigenvalue weighted by molar-refractivity contribution is 9.10. The second-order valence-electron chi connectivity index (χ2n) is 2.76. The molecule has 0 unspecified atom stereocenters. The van der Waals surface area contributed by atoms with Crippen molar-refractivity contribution in [2.75, 3.05) is 13.1 Å². The van der Waals surface area contributed by atoms with E-state index in [1.165, 1.54) is 12.1 Å². The van der Waals surface area contributed by atoms with Gasteiger partial charge in [0, 0.05) is 13.1 Å². The Labute approximate surface area is 95.8 Å². The number of benzene rings is 1. The molecule has 0 heterocycles. The fourth-order valence-electron chi connectivity index (χ4n) is 0.921. The van der Waals surface area contributed by atoms with E-state index in [1.54, 1.807) is 0 Å². The maximum absolute atomic E-state index is 12.9. The van der Waals surface area contributed by atoms with Gasteiger partial charge in [0.1, 0.15) is 5.82 Å². The molecule has 0 aromatic heterocycles. The van der Waals surface area contributed by atoms with Crippen LogP contribution in [0.25, 0.3) is 0 Å². The van der Waals surface area contributed by atoms with E-state index in [0.717, 1.165) is 6.07 Å². The fourth-order valence-corrected chi connectivity index (χ4v) is 2.52. The van der Waals surface area contributed by atoms with Gasteiger partial charge in [-0.2, -0.15) is 0 Å². The summed E-state index contributed by atoms with van der Waals surface area (Å²) in [7, 11) is -3.59. The Morgan fingerprint density at radius 3 is 2.67 bits per heavy atom. The van der Waals surface area contributed by atoms with Gasteiger partial charge < -0.3 is 5.73 Å². The summed E-state index contributed by atoms with van der Waals surface area (Å²) in [6.07, 6.45) is 0. The molecule has 1 aromatic carbocycles. The van der Waals surface area contributed by atoms with Gasteiger partial charge in [-0.05, 0) is 34.1 Å². The highest BCUT2D eigenvalue weighted by Crippen LogP contribution is 2.19. The standard InChI is InChI=1S/C8H10BrFN2O2S/c9-7-5-6(1-2-8(7)10)15(13,14)12-4-3-11/h1-2,5,12H,3-4,11H2. The van der Waals surface area contributed by atoms with E-state index in [9.17, 15) is 12.8 Å². The largest absolute Gasteiger partial charge is 0.329 e. The Bertz CT molecular complexity index is 450. The van der Waals surface area contributed by atoms with Gasteiger partial charge in [-0.25, -0.2) is 17.5 Å². The minimum absolute atomic E-state index is 0.00391. The lowest BCUT2D eigenvalue weighted by atomic mass is 10.3. The molecule has 0 spiro atoms. The molecule has 0 saturated carbocycles. The van der Waals surface area contributed by atoms with Crippen LogP contribution in [0.4, 0.5) is 4.39 Å². The molecule has 0 bridgehead atoms. The first-order valence-electron chi connectivity index (χ1n) is 4.12. The average Bonchev–Trinajstić information content (AvgIpc) is 2.19. The molecule has 1 rings (SSSR count). The Kier molecular flexibility index (Phi) is 4.21. The van der Waals surface area contributed by atoms with Gasteiger partial charge in [0.05, 0.1) is 9.37 Å². The van der Waals surface area contributed by atoms with Crippen LogP contribution in [0.3, 0.4) is 0 Å². The van der Waals surface area contributed by atoms with Crippen molar-refractivity contribution in [3.8, 4) is 0 Å². The van der Waals surface area contributed by atoms with E-state index in [-0.39, 0.29) is 22.5 Å². The summed E-state index contributed by atoms with van der Waals surface area (Å²) in [6.45, 7) is 0.360. The monoisotopic (exact) mass is 296 g/mol. The van der Waals surface area contributed by atoms with E-state index >= 15 is 0 Å². The molecular formula is C8H10BrFN2O2S. The molecule has 7 heteroatoms. The Morgan fingerprint density at radius 1 is 1.47 bits per heavy atom. The number of rotatable bonds is 4. The zero-order valence-electron chi connectivity index (χ0n) is 7.70. The smallest absolute Gasteiger partial charge is 0.240 e. The van der Waals surface area contributed by atoms with Gasteiger partial charge in [0.15, 0.2) is 0 Å². The number of nitrogens with two attached hydrogens (primary N) is 1. The average molecular weight is 297 g/mol. The van der Waals surface area contributed by atoms with Crippen molar-refractivity contribution >= 4 is 26.0 Å². The maximum Gasteiger partial charge on any atom is 0.240 e. The summed E-state index contributed by atoms with van der Waals surface area (Å²) >= 11 is 2.91. The van der Waals surface area contributed by atoms with Crippen molar-refractivity contribution in [3.63, 3.8) is 0 Å². The first-order valence-corrected chi connectivity index (χ1v) is 6.40. The summed E-state index contributed by atoms with van der Waals surface area (Å²) in [4.78, 5) is 0.00391. The van der Waals surface area contributed by atoms with E-state index < -0.39 is 15.8 Å². The topological polar surface area (TPSA) is 72.2 Å². The van der Waals surface area contributed by atoms with Crippen molar-refractivity contribution in [2.45, 2.75) is 4.90 Å². The first kappa shape index (κ1) is 12.6. The minimum atomic E-state index is -3.59. The number of hydrogen-bond donors (Lipinski definition) is 2. The molecule has 4 nitrogen and oxygen atoms in total. The summed E-state index contributed by atoms with van der Waals surface area (Å²) in [5, 5.41) is 0. The van der Waals surface area contributed by atoms with E-state index in [0.29, 0.717) is 0 Å². The van der Waals surface area contributed by atoms with Crippen LogP contribution in [0.2, 0.25) is 0 Å². The molecule has 0 atom stereocenters. The van der Waals surface area contributed by atoms with Crippen LogP contribution in [0.5, 0.6) is 0 Å². The lowest BCUT2D eigenvalue weighted by Gasteiger charge is -2.05. The third-order valence-electron chi connectivity index (χ3n) is 1.64.